The quantitative estimate of drug-likeness (QED) is 0.484. The van der Waals surface area contributed by atoms with E-state index in [1.165, 1.54) is 0 Å². The van der Waals surface area contributed by atoms with Crippen molar-refractivity contribution < 1.29 is 14.6 Å². The highest BCUT2D eigenvalue weighted by atomic mass is 16.5. The Balaban J connectivity index is 3.50. The molecule has 0 aliphatic carbocycles. The lowest BCUT2D eigenvalue weighted by molar-refractivity contribution is -0.123. The van der Waals surface area contributed by atoms with E-state index in [1.807, 2.05) is 13.8 Å². The van der Waals surface area contributed by atoms with Crippen LogP contribution in [0.3, 0.4) is 0 Å². The highest BCUT2D eigenvalue weighted by molar-refractivity contribution is 5.81. The Morgan fingerprint density at radius 3 is 2.75 bits per heavy atom. The Morgan fingerprint density at radius 2 is 2.19 bits per heavy atom. The minimum atomic E-state index is -0.427. The van der Waals surface area contributed by atoms with Crippen molar-refractivity contribution >= 4 is 5.91 Å². The molecule has 96 valence electrons. The van der Waals surface area contributed by atoms with Gasteiger partial charge in [-0.2, -0.15) is 0 Å². The van der Waals surface area contributed by atoms with Crippen LogP contribution in [0.2, 0.25) is 0 Å². The summed E-state index contributed by atoms with van der Waals surface area (Å²) in [5.74, 6) is 0.0992. The second kappa shape index (κ2) is 9.57. The van der Waals surface area contributed by atoms with Gasteiger partial charge in [0.1, 0.15) is 0 Å². The third kappa shape index (κ3) is 6.76. The number of aliphatic hydroxyl groups excluding tert-OH is 1. The number of carbonyl (C=O) groups is 1. The molecule has 0 heterocycles. The molecule has 2 atom stereocenters. The fraction of sp³-hybridized carbons (Fsp3) is 0.909. The predicted octanol–water partition coefficient (Wildman–Crippen LogP) is -0.125. The maximum Gasteiger partial charge on any atom is 0.237 e. The molecule has 0 bridgehead atoms. The fourth-order valence-electron chi connectivity index (χ4n) is 1.18. The van der Waals surface area contributed by atoms with Crippen LogP contribution in [0.4, 0.5) is 0 Å². The molecule has 0 aliphatic heterocycles. The summed E-state index contributed by atoms with van der Waals surface area (Å²) in [5, 5.41) is 11.2. The molecule has 1 amide bonds. The predicted molar refractivity (Wildman–Crippen MR) is 63.0 cm³/mol. The van der Waals surface area contributed by atoms with E-state index in [2.05, 4.69) is 5.32 Å². The molecule has 4 N–H and O–H groups in total. The van der Waals surface area contributed by atoms with Crippen molar-refractivity contribution in [2.75, 3.05) is 26.4 Å². The summed E-state index contributed by atoms with van der Waals surface area (Å²) in [7, 11) is 0. The molecule has 0 aromatic carbocycles. The normalized spacial score (nSPS) is 14.5. The van der Waals surface area contributed by atoms with Gasteiger partial charge in [-0.05, 0) is 12.3 Å². The van der Waals surface area contributed by atoms with Crippen molar-refractivity contribution in [3.8, 4) is 0 Å². The molecule has 0 radical (unpaired) electrons. The first kappa shape index (κ1) is 15.3. The molecule has 16 heavy (non-hydrogen) atoms. The van der Waals surface area contributed by atoms with Gasteiger partial charge in [-0.25, -0.2) is 0 Å². The van der Waals surface area contributed by atoms with Crippen LogP contribution < -0.4 is 11.1 Å². The SMILES string of the molecule is CCC(C)C(N)C(=O)NCCCOCCO. The number of carbonyl (C=O) groups excluding carboxylic acids is 1. The van der Waals surface area contributed by atoms with E-state index in [-0.39, 0.29) is 18.4 Å². The lowest BCUT2D eigenvalue weighted by atomic mass is 9.99. The lowest BCUT2D eigenvalue weighted by Gasteiger charge is -2.17. The van der Waals surface area contributed by atoms with Crippen LogP contribution in [0.1, 0.15) is 26.7 Å². The van der Waals surface area contributed by atoms with Crippen LogP contribution in [0, 0.1) is 5.92 Å². The van der Waals surface area contributed by atoms with Crippen molar-refractivity contribution in [1.29, 1.82) is 0 Å². The van der Waals surface area contributed by atoms with Crippen LogP contribution in [-0.4, -0.2) is 43.4 Å². The number of rotatable bonds is 9. The zero-order valence-electron chi connectivity index (χ0n) is 10.2. The first-order chi connectivity index (χ1) is 7.63. The van der Waals surface area contributed by atoms with Gasteiger partial charge in [0.2, 0.25) is 5.91 Å². The molecule has 0 aromatic heterocycles. The minimum Gasteiger partial charge on any atom is -0.394 e. The second-order valence-corrected chi connectivity index (χ2v) is 3.89. The number of nitrogens with two attached hydrogens (primary N) is 1. The summed E-state index contributed by atoms with van der Waals surface area (Å²) in [6.07, 6.45) is 1.63. The lowest BCUT2D eigenvalue weighted by Crippen LogP contribution is -2.45. The molecule has 0 fully saturated rings. The highest BCUT2D eigenvalue weighted by Gasteiger charge is 2.18. The highest BCUT2D eigenvalue weighted by Crippen LogP contribution is 2.04. The molecular formula is C11H24N2O3. The van der Waals surface area contributed by atoms with Gasteiger partial charge in [-0.1, -0.05) is 20.3 Å². The van der Waals surface area contributed by atoms with Crippen molar-refractivity contribution in [3.63, 3.8) is 0 Å². The monoisotopic (exact) mass is 232 g/mol. The minimum absolute atomic E-state index is 0.0330. The van der Waals surface area contributed by atoms with E-state index in [4.69, 9.17) is 15.6 Å². The smallest absolute Gasteiger partial charge is 0.237 e. The average Bonchev–Trinajstić information content (AvgIpc) is 2.31. The maximum atomic E-state index is 11.5. The van der Waals surface area contributed by atoms with E-state index >= 15 is 0 Å². The summed E-state index contributed by atoms with van der Waals surface area (Å²) in [5.41, 5.74) is 5.76. The van der Waals surface area contributed by atoms with Crippen LogP contribution in [0.15, 0.2) is 0 Å². The van der Waals surface area contributed by atoms with E-state index in [0.29, 0.717) is 19.8 Å². The standard InChI is InChI=1S/C11H24N2O3/c1-3-9(2)10(12)11(15)13-5-4-7-16-8-6-14/h9-10,14H,3-8,12H2,1-2H3,(H,13,15). The maximum absolute atomic E-state index is 11.5. The van der Waals surface area contributed by atoms with Gasteiger partial charge in [-0.15, -0.1) is 0 Å². The van der Waals surface area contributed by atoms with Crippen molar-refractivity contribution in [2.45, 2.75) is 32.7 Å². The Morgan fingerprint density at radius 1 is 1.50 bits per heavy atom. The number of nitrogens with one attached hydrogen (secondary N) is 1. The number of aliphatic hydroxyl groups is 1. The Labute approximate surface area is 97.3 Å². The van der Waals surface area contributed by atoms with Crippen LogP contribution in [0.25, 0.3) is 0 Å². The van der Waals surface area contributed by atoms with Crippen molar-refractivity contribution in [3.05, 3.63) is 0 Å². The van der Waals surface area contributed by atoms with Gasteiger partial charge < -0.3 is 20.9 Å². The average molecular weight is 232 g/mol. The zero-order valence-corrected chi connectivity index (χ0v) is 10.2. The van der Waals surface area contributed by atoms with Gasteiger partial charge in [-0.3, -0.25) is 4.79 Å². The van der Waals surface area contributed by atoms with Crippen molar-refractivity contribution in [1.82, 2.24) is 5.32 Å². The first-order valence-electron chi connectivity index (χ1n) is 5.85. The van der Waals surface area contributed by atoms with E-state index in [1.54, 1.807) is 0 Å². The third-order valence-corrected chi connectivity index (χ3v) is 2.56. The Bertz CT molecular complexity index is 188. The molecule has 2 unspecified atom stereocenters. The van der Waals surface area contributed by atoms with Crippen LogP contribution in [-0.2, 0) is 9.53 Å². The summed E-state index contributed by atoms with van der Waals surface area (Å²) in [4.78, 5) is 11.5. The van der Waals surface area contributed by atoms with Gasteiger partial charge in [0.25, 0.3) is 0 Å². The van der Waals surface area contributed by atoms with Crippen molar-refractivity contribution in [2.24, 2.45) is 11.7 Å². The summed E-state index contributed by atoms with van der Waals surface area (Å²) in [6, 6.07) is -0.427. The summed E-state index contributed by atoms with van der Waals surface area (Å²) in [6.45, 7) is 5.47. The Kier molecular flexibility index (Phi) is 9.18. The van der Waals surface area contributed by atoms with Gasteiger partial charge >= 0.3 is 0 Å². The van der Waals surface area contributed by atoms with E-state index in [0.717, 1.165) is 12.8 Å². The number of hydrogen-bond acceptors (Lipinski definition) is 4. The van der Waals surface area contributed by atoms with Crippen LogP contribution in [0.5, 0.6) is 0 Å². The molecule has 0 spiro atoms. The number of amides is 1. The fourth-order valence-corrected chi connectivity index (χ4v) is 1.18. The number of hydrogen-bond donors (Lipinski definition) is 3. The largest absolute Gasteiger partial charge is 0.394 e. The van der Waals surface area contributed by atoms with Gasteiger partial charge in [0.15, 0.2) is 0 Å². The summed E-state index contributed by atoms with van der Waals surface area (Å²) >= 11 is 0. The second-order valence-electron chi connectivity index (χ2n) is 3.89. The molecular weight excluding hydrogens is 208 g/mol. The molecule has 0 aromatic rings. The molecule has 0 saturated heterocycles. The summed E-state index contributed by atoms with van der Waals surface area (Å²) < 4.78 is 5.06. The first-order valence-corrected chi connectivity index (χ1v) is 5.85. The van der Waals surface area contributed by atoms with Crippen LogP contribution >= 0.6 is 0 Å². The van der Waals surface area contributed by atoms with E-state index < -0.39 is 6.04 Å². The number of ether oxygens (including phenoxy) is 1. The molecule has 0 saturated carbocycles. The van der Waals surface area contributed by atoms with Gasteiger partial charge in [0.05, 0.1) is 19.3 Å². The Hall–Kier alpha value is -0.650. The van der Waals surface area contributed by atoms with Gasteiger partial charge in [0, 0.05) is 13.2 Å². The third-order valence-electron chi connectivity index (χ3n) is 2.56. The topological polar surface area (TPSA) is 84.6 Å². The van der Waals surface area contributed by atoms with E-state index in [9.17, 15) is 4.79 Å². The molecule has 5 heteroatoms. The molecule has 0 rings (SSSR count). The molecule has 0 aliphatic rings. The zero-order chi connectivity index (χ0) is 12.4. The molecule has 5 nitrogen and oxygen atoms in total.